The lowest BCUT2D eigenvalue weighted by Crippen LogP contribution is -2.70. The van der Waals surface area contributed by atoms with Crippen LogP contribution in [-0.4, -0.2) is 90.2 Å². The molecular formula is C37H37N3O12S2. The summed E-state index contributed by atoms with van der Waals surface area (Å²) < 4.78 is 17.3. The molecule has 0 radical (unpaired) electrons. The van der Waals surface area contributed by atoms with E-state index in [0.717, 1.165) is 35.8 Å². The molecule has 7 rings (SSSR count). The molecule has 284 valence electrons. The maximum absolute atomic E-state index is 13.7. The van der Waals surface area contributed by atoms with Crippen molar-refractivity contribution in [3.05, 3.63) is 81.0 Å². The van der Waals surface area contributed by atoms with Gasteiger partial charge in [0.25, 0.3) is 0 Å². The average Bonchev–Trinajstić information content (AvgIpc) is 3.13. The summed E-state index contributed by atoms with van der Waals surface area (Å²) in [6, 6.07) is 13.6. The number of benzene rings is 3. The predicted molar refractivity (Wildman–Crippen MR) is 202 cm³/mol. The third-order valence-corrected chi connectivity index (χ3v) is 12.3. The van der Waals surface area contributed by atoms with Crippen molar-refractivity contribution < 1.29 is 54.4 Å². The summed E-state index contributed by atoms with van der Waals surface area (Å²) in [5.74, 6) is -3.16. The van der Waals surface area contributed by atoms with E-state index in [2.05, 4.69) is 17.1 Å². The number of aliphatic hydroxyl groups is 3. The SMILES string of the molecule is NC(N)=NC[C@]1(O)[C@H](O)[C@@H](C(=O)O)O[C@H](Oc2cc3oc(-c4c5cc(O)cc4C4=Cc6ccccc6[C@@H](CCCSSC5)C4)cc(=O)c3c(O)c2O)[C@@H]1O. The van der Waals surface area contributed by atoms with Crippen molar-refractivity contribution in [2.45, 2.75) is 61.1 Å². The summed E-state index contributed by atoms with van der Waals surface area (Å²) in [4.78, 5) is 29.3. The second-order valence-corrected chi connectivity index (χ2v) is 16.0. The van der Waals surface area contributed by atoms with E-state index >= 15 is 0 Å². The summed E-state index contributed by atoms with van der Waals surface area (Å²) >= 11 is 0. The minimum Gasteiger partial charge on any atom is -0.508 e. The number of fused-ring (bicyclic) bond motifs is 8. The van der Waals surface area contributed by atoms with Crippen LogP contribution in [0.5, 0.6) is 23.0 Å². The van der Waals surface area contributed by atoms with Gasteiger partial charge in [0, 0.05) is 29.2 Å². The molecule has 1 aromatic heterocycles. The highest BCUT2D eigenvalue weighted by Crippen LogP contribution is 2.48. The first kappa shape index (κ1) is 37.4. The van der Waals surface area contributed by atoms with Gasteiger partial charge in [0.2, 0.25) is 12.0 Å². The lowest BCUT2D eigenvalue weighted by molar-refractivity contribution is -0.303. The summed E-state index contributed by atoms with van der Waals surface area (Å²) in [6.07, 6.45) is -4.01. The first-order valence-corrected chi connectivity index (χ1v) is 19.4. The van der Waals surface area contributed by atoms with Crippen LogP contribution in [0.2, 0.25) is 0 Å². The molecule has 0 saturated carbocycles. The van der Waals surface area contributed by atoms with Crippen molar-refractivity contribution in [3.63, 3.8) is 0 Å². The molecule has 4 bridgehead atoms. The van der Waals surface area contributed by atoms with Crippen molar-refractivity contribution in [3.8, 4) is 34.3 Å². The Hall–Kier alpha value is -4.91. The Balaban J connectivity index is 1.36. The van der Waals surface area contributed by atoms with E-state index in [1.54, 1.807) is 33.7 Å². The molecule has 3 aliphatic rings. The zero-order chi connectivity index (χ0) is 38.5. The molecule has 1 fully saturated rings. The number of carboxylic acids is 1. The van der Waals surface area contributed by atoms with Crippen molar-refractivity contribution >= 4 is 56.1 Å². The first-order chi connectivity index (χ1) is 25.8. The Bertz CT molecular complexity index is 2260. The van der Waals surface area contributed by atoms with Gasteiger partial charge in [-0.2, -0.15) is 0 Å². The van der Waals surface area contributed by atoms with Gasteiger partial charge in [-0.05, 0) is 65.1 Å². The van der Waals surface area contributed by atoms with Crippen LogP contribution in [0.3, 0.4) is 0 Å². The molecule has 1 saturated heterocycles. The van der Waals surface area contributed by atoms with Gasteiger partial charge < -0.3 is 61.1 Å². The van der Waals surface area contributed by atoms with Crippen LogP contribution in [-0.2, 0) is 15.3 Å². The van der Waals surface area contributed by atoms with E-state index in [-0.39, 0.29) is 23.0 Å². The first-order valence-electron chi connectivity index (χ1n) is 16.9. The largest absolute Gasteiger partial charge is 0.508 e. The van der Waals surface area contributed by atoms with Crippen LogP contribution < -0.4 is 21.6 Å². The molecule has 3 aromatic carbocycles. The number of ether oxygens (including phenoxy) is 2. The smallest absolute Gasteiger partial charge is 0.335 e. The monoisotopic (exact) mass is 779 g/mol. The maximum Gasteiger partial charge on any atom is 0.335 e. The molecule has 3 heterocycles. The number of phenolic OH excluding ortho intramolecular Hbond substituents is 3. The lowest BCUT2D eigenvalue weighted by Gasteiger charge is -2.45. The third-order valence-electron chi connectivity index (χ3n) is 9.89. The van der Waals surface area contributed by atoms with E-state index in [1.165, 1.54) is 11.6 Å². The summed E-state index contributed by atoms with van der Waals surface area (Å²) in [7, 11) is 3.30. The Labute approximate surface area is 314 Å². The minimum absolute atomic E-state index is 0.0275. The van der Waals surface area contributed by atoms with E-state index in [1.807, 2.05) is 18.2 Å². The van der Waals surface area contributed by atoms with Crippen LogP contribution in [0.1, 0.15) is 47.4 Å². The number of nitrogens with two attached hydrogens (primary N) is 2. The number of hydrogen-bond donors (Lipinski definition) is 9. The van der Waals surface area contributed by atoms with Crippen molar-refractivity contribution in [2.75, 3.05) is 12.3 Å². The van der Waals surface area contributed by atoms with Gasteiger partial charge in [-0.15, -0.1) is 0 Å². The molecule has 11 N–H and O–H groups in total. The molecule has 4 aromatic rings. The number of rotatable bonds is 6. The molecule has 0 unspecified atom stereocenters. The number of phenols is 3. The summed E-state index contributed by atoms with van der Waals surface area (Å²) in [5.41, 5.74) is 12.1. The molecule has 2 aliphatic heterocycles. The number of aliphatic hydroxyl groups excluding tert-OH is 2. The number of carboxylic acid groups (broad SMARTS) is 1. The zero-order valence-corrected chi connectivity index (χ0v) is 30.0. The van der Waals surface area contributed by atoms with Crippen LogP contribution in [0.25, 0.3) is 33.9 Å². The lowest BCUT2D eigenvalue weighted by atomic mass is 9.77. The summed E-state index contributed by atoms with van der Waals surface area (Å²) in [6.45, 7) is -0.866. The molecule has 0 spiro atoms. The Kier molecular flexibility index (Phi) is 10.2. The Morgan fingerprint density at radius 3 is 2.57 bits per heavy atom. The van der Waals surface area contributed by atoms with Crippen LogP contribution in [0, 0.1) is 0 Å². The summed E-state index contributed by atoms with van der Waals surface area (Å²) in [5, 5.41) is 75.2. The van der Waals surface area contributed by atoms with E-state index < -0.39 is 76.7 Å². The number of carbonyl (C=O) groups is 1. The topological polar surface area (TPSA) is 272 Å². The highest BCUT2D eigenvalue weighted by Gasteiger charge is 2.58. The van der Waals surface area contributed by atoms with Gasteiger partial charge in [-0.3, -0.25) is 9.79 Å². The van der Waals surface area contributed by atoms with Crippen molar-refractivity contribution in [2.24, 2.45) is 16.5 Å². The average molecular weight is 780 g/mol. The fourth-order valence-corrected chi connectivity index (χ4v) is 9.42. The quantitative estimate of drug-likeness (QED) is 0.0588. The number of guanidine groups is 1. The standard InChI is InChI=1S/C37H37N3O12S2/c38-36(39)40-15-37(49)32(45)31(34(47)48)52-35(33(37)46)51-26-13-25-28(30(44)29(26)43)23(42)12-24(50-25)27-19-10-20(41)11-22(27)18-8-16-4-1-2-6-21(16)17(9-18)5-3-7-53-54-14-19/h1-2,4,6,8,10-13,17,31-33,35,41,43-46,49H,3,5,7,9,14-15H2,(H,47,48)(H4,38,39,40)/t17-,31-,32+,33-,35-,37-/m0/s1. The van der Waals surface area contributed by atoms with Gasteiger partial charge in [0.1, 0.15) is 40.3 Å². The molecule has 17 heteroatoms. The third kappa shape index (κ3) is 6.82. The second kappa shape index (κ2) is 14.7. The second-order valence-electron chi connectivity index (χ2n) is 13.4. The predicted octanol–water partition coefficient (Wildman–Crippen LogP) is 3.19. The number of allylic oxidation sites excluding steroid dienone is 1. The Morgan fingerprint density at radius 2 is 1.81 bits per heavy atom. The fourth-order valence-electron chi connectivity index (χ4n) is 7.24. The van der Waals surface area contributed by atoms with Crippen LogP contribution in [0.4, 0.5) is 0 Å². The zero-order valence-electron chi connectivity index (χ0n) is 28.4. The van der Waals surface area contributed by atoms with Crippen LogP contribution in [0.15, 0.2) is 62.7 Å². The van der Waals surface area contributed by atoms with Gasteiger partial charge in [-0.1, -0.05) is 51.9 Å². The highest BCUT2D eigenvalue weighted by molar-refractivity contribution is 8.76. The number of aromatic hydroxyl groups is 3. The maximum atomic E-state index is 13.7. The van der Waals surface area contributed by atoms with E-state index in [0.29, 0.717) is 28.9 Å². The van der Waals surface area contributed by atoms with E-state index in [4.69, 9.17) is 25.4 Å². The Morgan fingerprint density at radius 1 is 1.04 bits per heavy atom. The normalized spacial score (nSPS) is 25.4. The number of nitrogens with zero attached hydrogens (tertiary/aromatic N) is 1. The van der Waals surface area contributed by atoms with E-state index in [9.17, 15) is 45.3 Å². The van der Waals surface area contributed by atoms with Gasteiger partial charge in [-0.25, -0.2) is 4.79 Å². The molecule has 54 heavy (non-hydrogen) atoms. The molecule has 15 nitrogen and oxygen atoms in total. The van der Waals surface area contributed by atoms with Crippen molar-refractivity contribution in [1.29, 1.82) is 0 Å². The molecule has 1 aliphatic carbocycles. The number of aliphatic imine (C=N–C) groups is 1. The highest BCUT2D eigenvalue weighted by atomic mass is 33.1. The number of hydrogen-bond acceptors (Lipinski definition) is 14. The molecule has 6 atom stereocenters. The van der Waals surface area contributed by atoms with Crippen LogP contribution >= 0.6 is 21.6 Å². The van der Waals surface area contributed by atoms with Gasteiger partial charge in [0.15, 0.2) is 29.0 Å². The minimum atomic E-state index is -2.72. The van der Waals surface area contributed by atoms with Crippen molar-refractivity contribution in [1.82, 2.24) is 0 Å². The molecular weight excluding hydrogens is 743 g/mol. The van der Waals surface area contributed by atoms with Gasteiger partial charge in [0.05, 0.1) is 6.54 Å². The fraction of sp³-hybridized carbons (Fsp3) is 0.324. The number of aliphatic carboxylic acids is 1. The van der Waals surface area contributed by atoms with Gasteiger partial charge >= 0.3 is 5.97 Å². The molecule has 0 amide bonds.